The Morgan fingerprint density at radius 1 is 1.44 bits per heavy atom. The molecule has 0 saturated carbocycles. The van der Waals surface area contributed by atoms with Crippen molar-refractivity contribution in [1.82, 2.24) is 19.8 Å². The van der Waals surface area contributed by atoms with E-state index in [2.05, 4.69) is 20.0 Å². The summed E-state index contributed by atoms with van der Waals surface area (Å²) < 4.78 is 11.1. The van der Waals surface area contributed by atoms with Crippen molar-refractivity contribution in [3.8, 4) is 5.88 Å². The van der Waals surface area contributed by atoms with Crippen LogP contribution in [0.25, 0.3) is 5.65 Å². The normalized spacial score (nSPS) is 10.4. The highest BCUT2D eigenvalue weighted by atomic mass is 16.6. The molecular weight excluding hydrogens is 212 g/mol. The number of ether oxygens (including phenoxy) is 2. The van der Waals surface area contributed by atoms with E-state index >= 15 is 0 Å². The Bertz CT molecular complexity index is 522. The number of methoxy groups -OCH3 is 1. The van der Waals surface area contributed by atoms with Gasteiger partial charge in [0, 0.05) is 6.07 Å². The van der Waals surface area contributed by atoms with Gasteiger partial charge in [0.15, 0.2) is 18.1 Å². The number of carbonyl (C=O) groups is 1. The molecule has 2 aromatic rings. The molecule has 16 heavy (non-hydrogen) atoms. The van der Waals surface area contributed by atoms with Gasteiger partial charge in [-0.1, -0.05) is 0 Å². The van der Waals surface area contributed by atoms with Gasteiger partial charge >= 0.3 is 5.97 Å². The van der Waals surface area contributed by atoms with Crippen LogP contribution in [0.3, 0.4) is 0 Å². The third-order valence-corrected chi connectivity index (χ3v) is 1.96. The number of nitrogens with zero attached hydrogens (tertiary/aromatic N) is 4. The molecule has 0 amide bonds. The number of hydrogen-bond acceptors (Lipinski definition) is 6. The monoisotopic (exact) mass is 222 g/mol. The molecular formula is C9H10N4O3. The molecule has 2 heterocycles. The molecule has 0 N–H and O–H groups in total. The second kappa shape index (κ2) is 4.13. The summed E-state index contributed by atoms with van der Waals surface area (Å²) in [5.41, 5.74) is 0.628. The minimum absolute atomic E-state index is 0.170. The van der Waals surface area contributed by atoms with Crippen molar-refractivity contribution >= 4 is 11.6 Å². The topological polar surface area (TPSA) is 78.6 Å². The van der Waals surface area contributed by atoms with Crippen molar-refractivity contribution < 1.29 is 14.3 Å². The highest BCUT2D eigenvalue weighted by molar-refractivity contribution is 5.70. The van der Waals surface area contributed by atoms with Crippen LogP contribution in [0, 0.1) is 6.92 Å². The van der Waals surface area contributed by atoms with Crippen LogP contribution in [0.4, 0.5) is 0 Å². The van der Waals surface area contributed by atoms with Crippen LogP contribution in [-0.2, 0) is 9.53 Å². The molecule has 0 unspecified atom stereocenters. The fourth-order valence-electron chi connectivity index (χ4n) is 1.15. The van der Waals surface area contributed by atoms with Gasteiger partial charge in [0.05, 0.1) is 7.11 Å². The summed E-state index contributed by atoms with van der Waals surface area (Å²) in [5.74, 6) is 0.515. The van der Waals surface area contributed by atoms with E-state index in [4.69, 9.17) is 4.74 Å². The molecule has 0 atom stereocenters. The Hall–Kier alpha value is -2.18. The maximum atomic E-state index is 10.9. The standard InChI is InChI=1S/C9H10N4O3/c1-6-10-11-7-3-4-8(12-13(6)7)16-5-9(14)15-2/h3-4H,5H2,1-2H3. The van der Waals surface area contributed by atoms with Crippen molar-refractivity contribution in [3.05, 3.63) is 18.0 Å². The lowest BCUT2D eigenvalue weighted by Crippen LogP contribution is -2.13. The SMILES string of the molecule is COC(=O)COc1ccc2nnc(C)n2n1. The first-order valence-electron chi connectivity index (χ1n) is 4.59. The summed E-state index contributed by atoms with van der Waals surface area (Å²) in [7, 11) is 1.30. The number of hydrogen-bond donors (Lipinski definition) is 0. The van der Waals surface area contributed by atoms with Crippen molar-refractivity contribution in [2.24, 2.45) is 0 Å². The van der Waals surface area contributed by atoms with E-state index < -0.39 is 5.97 Å². The second-order valence-electron chi connectivity index (χ2n) is 3.05. The van der Waals surface area contributed by atoms with Gasteiger partial charge < -0.3 is 9.47 Å². The van der Waals surface area contributed by atoms with Gasteiger partial charge in [0.1, 0.15) is 0 Å². The van der Waals surface area contributed by atoms with E-state index in [1.807, 2.05) is 0 Å². The molecule has 0 saturated heterocycles. The minimum Gasteiger partial charge on any atom is -0.466 e. The van der Waals surface area contributed by atoms with E-state index in [0.717, 1.165) is 0 Å². The molecule has 0 spiro atoms. The van der Waals surface area contributed by atoms with Crippen molar-refractivity contribution in [2.45, 2.75) is 6.92 Å². The molecule has 0 aliphatic carbocycles. The fraction of sp³-hybridized carbons (Fsp3) is 0.333. The maximum absolute atomic E-state index is 10.9. The molecule has 2 aromatic heterocycles. The summed E-state index contributed by atoms with van der Waals surface area (Å²) in [6.07, 6.45) is 0. The molecule has 0 aliphatic heterocycles. The van der Waals surface area contributed by atoms with Crippen LogP contribution < -0.4 is 4.74 Å². The Kier molecular flexibility index (Phi) is 2.67. The zero-order chi connectivity index (χ0) is 11.5. The van der Waals surface area contributed by atoms with E-state index in [1.54, 1.807) is 19.1 Å². The summed E-state index contributed by atoms with van der Waals surface area (Å²) in [5, 5.41) is 11.8. The quantitative estimate of drug-likeness (QED) is 0.679. The van der Waals surface area contributed by atoms with Gasteiger partial charge in [-0.05, 0) is 13.0 Å². The first kappa shape index (κ1) is 10.3. The lowest BCUT2D eigenvalue weighted by atomic mass is 10.5. The number of aryl methyl sites for hydroxylation is 1. The maximum Gasteiger partial charge on any atom is 0.343 e. The number of aromatic nitrogens is 4. The van der Waals surface area contributed by atoms with Crippen molar-refractivity contribution in [2.75, 3.05) is 13.7 Å². The Balaban J connectivity index is 2.19. The van der Waals surface area contributed by atoms with Crippen molar-refractivity contribution in [3.63, 3.8) is 0 Å². The van der Waals surface area contributed by atoms with Crippen LogP contribution in [0.2, 0.25) is 0 Å². The van der Waals surface area contributed by atoms with Crippen LogP contribution in [0.5, 0.6) is 5.88 Å². The van der Waals surface area contributed by atoms with Crippen molar-refractivity contribution in [1.29, 1.82) is 0 Å². The molecule has 0 aliphatic rings. The van der Waals surface area contributed by atoms with E-state index in [-0.39, 0.29) is 6.61 Å². The van der Waals surface area contributed by atoms with Gasteiger partial charge in [-0.25, -0.2) is 4.79 Å². The molecule has 0 radical (unpaired) electrons. The smallest absolute Gasteiger partial charge is 0.343 e. The summed E-state index contributed by atoms with van der Waals surface area (Å²) in [6, 6.07) is 3.33. The Morgan fingerprint density at radius 3 is 3.00 bits per heavy atom. The second-order valence-corrected chi connectivity index (χ2v) is 3.05. The summed E-state index contributed by atoms with van der Waals surface area (Å²) >= 11 is 0. The van der Waals surface area contributed by atoms with Gasteiger partial charge in [0.2, 0.25) is 5.88 Å². The number of esters is 1. The van der Waals surface area contributed by atoms with Gasteiger partial charge in [-0.15, -0.1) is 15.3 Å². The van der Waals surface area contributed by atoms with Crippen LogP contribution >= 0.6 is 0 Å². The number of fused-ring (bicyclic) bond motifs is 1. The lowest BCUT2D eigenvalue weighted by molar-refractivity contribution is -0.143. The zero-order valence-electron chi connectivity index (χ0n) is 8.88. The predicted molar refractivity (Wildman–Crippen MR) is 53.0 cm³/mol. The molecule has 7 heteroatoms. The van der Waals surface area contributed by atoms with Gasteiger partial charge in [-0.2, -0.15) is 4.52 Å². The highest BCUT2D eigenvalue weighted by Gasteiger charge is 2.06. The average Bonchev–Trinajstić information content (AvgIpc) is 2.68. The third-order valence-electron chi connectivity index (χ3n) is 1.96. The lowest BCUT2D eigenvalue weighted by Gasteiger charge is -2.03. The van der Waals surface area contributed by atoms with Gasteiger partial charge in [-0.3, -0.25) is 0 Å². The summed E-state index contributed by atoms with van der Waals surface area (Å²) in [6.45, 7) is 1.60. The minimum atomic E-state index is -0.456. The predicted octanol–water partition coefficient (Wildman–Crippen LogP) is -0.0155. The molecule has 7 nitrogen and oxygen atoms in total. The average molecular weight is 222 g/mol. The van der Waals surface area contributed by atoms with E-state index in [9.17, 15) is 4.79 Å². The number of carbonyl (C=O) groups excluding carboxylic acids is 1. The Labute approximate surface area is 91.0 Å². The first-order valence-corrected chi connectivity index (χ1v) is 4.59. The van der Waals surface area contributed by atoms with Crippen LogP contribution in [0.15, 0.2) is 12.1 Å². The Morgan fingerprint density at radius 2 is 2.25 bits per heavy atom. The van der Waals surface area contributed by atoms with E-state index in [1.165, 1.54) is 11.6 Å². The van der Waals surface area contributed by atoms with Crippen LogP contribution in [-0.4, -0.2) is 39.5 Å². The number of rotatable bonds is 3. The van der Waals surface area contributed by atoms with Crippen LogP contribution in [0.1, 0.15) is 5.82 Å². The molecule has 0 bridgehead atoms. The summed E-state index contributed by atoms with van der Waals surface area (Å²) in [4.78, 5) is 10.9. The largest absolute Gasteiger partial charge is 0.466 e. The zero-order valence-corrected chi connectivity index (χ0v) is 8.88. The third kappa shape index (κ3) is 1.92. The highest BCUT2D eigenvalue weighted by Crippen LogP contribution is 2.08. The van der Waals surface area contributed by atoms with Gasteiger partial charge in [0.25, 0.3) is 0 Å². The molecule has 0 aromatic carbocycles. The fourth-order valence-corrected chi connectivity index (χ4v) is 1.15. The molecule has 2 rings (SSSR count). The van der Waals surface area contributed by atoms with E-state index in [0.29, 0.717) is 17.4 Å². The molecule has 84 valence electrons. The first-order chi connectivity index (χ1) is 7.70. The molecule has 0 fully saturated rings.